The van der Waals surface area contributed by atoms with E-state index in [2.05, 4.69) is 20.1 Å². The summed E-state index contributed by atoms with van der Waals surface area (Å²) >= 11 is 0. The normalized spacial score (nSPS) is 14.3. The number of ether oxygens (including phenoxy) is 1. The van der Waals surface area contributed by atoms with Gasteiger partial charge in [0.05, 0.1) is 7.11 Å². The molecule has 122 valence electrons. The van der Waals surface area contributed by atoms with E-state index in [4.69, 9.17) is 0 Å². The summed E-state index contributed by atoms with van der Waals surface area (Å²) in [4.78, 5) is 27.2. The predicted molar refractivity (Wildman–Crippen MR) is 74.3 cm³/mol. The maximum atomic E-state index is 13.2. The molecule has 0 unspecified atom stereocenters. The zero-order valence-electron chi connectivity index (χ0n) is 12.3. The summed E-state index contributed by atoms with van der Waals surface area (Å²) in [6.45, 7) is -0.328. The molecule has 0 saturated heterocycles. The van der Waals surface area contributed by atoms with Crippen molar-refractivity contribution in [3.63, 3.8) is 0 Å². The number of rotatable bonds is 5. The number of esters is 1. The minimum atomic E-state index is -2.73. The topological polar surface area (TPSA) is 85.6 Å². The number of carbonyl (C=O) groups is 2. The van der Waals surface area contributed by atoms with Crippen LogP contribution in [-0.4, -0.2) is 40.1 Å². The van der Waals surface area contributed by atoms with Crippen LogP contribution in [0, 0.1) is 0 Å². The van der Waals surface area contributed by atoms with Crippen LogP contribution in [0.15, 0.2) is 12.1 Å². The second-order valence-corrected chi connectivity index (χ2v) is 5.24. The largest absolute Gasteiger partial charge is 0.468 e. The van der Waals surface area contributed by atoms with Gasteiger partial charge in [-0.3, -0.25) is 9.59 Å². The van der Waals surface area contributed by atoms with Crippen LogP contribution >= 0.6 is 0 Å². The highest BCUT2D eigenvalue weighted by molar-refractivity contribution is 5.95. The van der Waals surface area contributed by atoms with Gasteiger partial charge >= 0.3 is 5.97 Å². The summed E-state index contributed by atoms with van der Waals surface area (Å²) in [6, 6.07) is 2.66. The van der Waals surface area contributed by atoms with Gasteiger partial charge < -0.3 is 10.1 Å². The third kappa shape index (κ3) is 3.13. The van der Waals surface area contributed by atoms with Crippen LogP contribution in [0.1, 0.15) is 47.1 Å². The minimum absolute atomic E-state index is 0.0868. The quantitative estimate of drug-likeness (QED) is 0.841. The molecular weight excluding hydrogens is 310 g/mol. The van der Waals surface area contributed by atoms with Gasteiger partial charge in [-0.2, -0.15) is 5.10 Å². The second kappa shape index (κ2) is 5.90. The van der Waals surface area contributed by atoms with Gasteiger partial charge in [0.2, 0.25) is 0 Å². The number of fused-ring (bicyclic) bond motifs is 1. The van der Waals surface area contributed by atoms with Gasteiger partial charge in [-0.25, -0.2) is 18.3 Å². The van der Waals surface area contributed by atoms with E-state index >= 15 is 0 Å². The van der Waals surface area contributed by atoms with Crippen molar-refractivity contribution in [1.29, 1.82) is 0 Å². The number of hydrogen-bond acceptors (Lipinski definition) is 5. The summed E-state index contributed by atoms with van der Waals surface area (Å²) < 4.78 is 31.8. The average Bonchev–Trinajstić information content (AvgIpc) is 3.29. The first-order valence-corrected chi connectivity index (χ1v) is 7.03. The van der Waals surface area contributed by atoms with Gasteiger partial charge in [-0.1, -0.05) is 0 Å². The molecule has 2 aromatic rings. The third-order valence-electron chi connectivity index (χ3n) is 3.55. The Bertz CT molecular complexity index is 771. The minimum Gasteiger partial charge on any atom is -0.468 e. The van der Waals surface area contributed by atoms with E-state index < -0.39 is 18.3 Å². The number of nitrogens with one attached hydrogen (secondary N) is 1. The highest BCUT2D eigenvalue weighted by Crippen LogP contribution is 2.40. The van der Waals surface area contributed by atoms with Crippen molar-refractivity contribution < 1.29 is 23.1 Å². The smallest absolute Gasteiger partial charge is 0.325 e. The standard InChI is InChI=1S/C14H14F2N4O3/c1-23-12(21)6-17-14(22)9-5-11-18-8(7-2-3-7)4-10(13(15)16)20(11)19-9/h4-5,7,13H,2-3,6H2,1H3,(H,17,22). The number of halogens is 2. The number of alkyl halides is 2. The van der Waals surface area contributed by atoms with E-state index in [-0.39, 0.29) is 29.5 Å². The summed E-state index contributed by atoms with van der Waals surface area (Å²) in [5, 5.41) is 6.17. The lowest BCUT2D eigenvalue weighted by atomic mass is 10.2. The molecule has 0 spiro atoms. The molecule has 1 N–H and O–H groups in total. The first-order chi connectivity index (χ1) is 11.0. The van der Waals surface area contributed by atoms with Gasteiger partial charge in [0.25, 0.3) is 12.3 Å². The van der Waals surface area contributed by atoms with E-state index in [1.165, 1.54) is 19.2 Å². The number of methoxy groups -OCH3 is 1. The third-order valence-corrected chi connectivity index (χ3v) is 3.55. The van der Waals surface area contributed by atoms with Crippen LogP contribution in [0.25, 0.3) is 5.65 Å². The maximum absolute atomic E-state index is 13.2. The van der Waals surface area contributed by atoms with Crippen molar-refractivity contribution in [3.8, 4) is 0 Å². The molecule has 1 aliphatic carbocycles. The first kappa shape index (κ1) is 15.3. The highest BCUT2D eigenvalue weighted by atomic mass is 19.3. The van der Waals surface area contributed by atoms with Crippen LogP contribution in [0.3, 0.4) is 0 Å². The van der Waals surface area contributed by atoms with Crippen LogP contribution < -0.4 is 5.32 Å². The Labute approximate surface area is 129 Å². The molecular formula is C14H14F2N4O3. The molecule has 1 amide bonds. The van der Waals surface area contributed by atoms with Gasteiger partial charge in [0.1, 0.15) is 12.2 Å². The summed E-state index contributed by atoms with van der Waals surface area (Å²) in [7, 11) is 1.19. The molecule has 0 radical (unpaired) electrons. The van der Waals surface area contributed by atoms with Crippen molar-refractivity contribution in [2.45, 2.75) is 25.2 Å². The van der Waals surface area contributed by atoms with E-state index in [0.717, 1.165) is 17.4 Å². The Balaban J connectivity index is 1.92. The van der Waals surface area contributed by atoms with Crippen LogP contribution in [0.5, 0.6) is 0 Å². The van der Waals surface area contributed by atoms with Crippen molar-refractivity contribution in [3.05, 3.63) is 29.2 Å². The van der Waals surface area contributed by atoms with Gasteiger partial charge in [-0.15, -0.1) is 0 Å². The fraction of sp³-hybridized carbons (Fsp3) is 0.429. The Morgan fingerprint density at radius 1 is 1.43 bits per heavy atom. The molecule has 1 saturated carbocycles. The number of nitrogens with zero attached hydrogens (tertiary/aromatic N) is 3. The fourth-order valence-corrected chi connectivity index (χ4v) is 2.19. The monoisotopic (exact) mass is 324 g/mol. The molecule has 1 fully saturated rings. The first-order valence-electron chi connectivity index (χ1n) is 7.03. The molecule has 2 aromatic heterocycles. The Hall–Kier alpha value is -2.58. The lowest BCUT2D eigenvalue weighted by molar-refractivity contribution is -0.139. The lowest BCUT2D eigenvalue weighted by Gasteiger charge is -2.06. The lowest BCUT2D eigenvalue weighted by Crippen LogP contribution is -2.30. The SMILES string of the molecule is COC(=O)CNC(=O)c1cc2nc(C3CC3)cc(C(F)F)n2n1. The molecule has 3 rings (SSSR count). The molecule has 2 heterocycles. The van der Waals surface area contributed by atoms with Crippen LogP contribution in [0.2, 0.25) is 0 Å². The molecule has 0 aliphatic heterocycles. The molecule has 9 heteroatoms. The molecule has 7 nitrogen and oxygen atoms in total. The van der Waals surface area contributed by atoms with E-state index in [0.29, 0.717) is 5.69 Å². The zero-order valence-corrected chi connectivity index (χ0v) is 12.3. The average molecular weight is 324 g/mol. The molecule has 23 heavy (non-hydrogen) atoms. The number of hydrogen-bond donors (Lipinski definition) is 1. The van der Waals surface area contributed by atoms with Gasteiger partial charge in [-0.05, 0) is 18.9 Å². The molecule has 0 atom stereocenters. The Morgan fingerprint density at radius 3 is 2.78 bits per heavy atom. The fourth-order valence-electron chi connectivity index (χ4n) is 2.19. The van der Waals surface area contributed by atoms with Crippen molar-refractivity contribution in [2.75, 3.05) is 13.7 Å². The number of aromatic nitrogens is 3. The predicted octanol–water partition coefficient (Wildman–Crippen LogP) is 1.45. The molecule has 0 aromatic carbocycles. The van der Waals surface area contributed by atoms with Crippen LogP contribution in [0.4, 0.5) is 8.78 Å². The van der Waals surface area contributed by atoms with E-state index in [1.807, 2.05) is 0 Å². The van der Waals surface area contributed by atoms with Gasteiger partial charge in [0.15, 0.2) is 11.3 Å². The van der Waals surface area contributed by atoms with Crippen molar-refractivity contribution in [2.24, 2.45) is 0 Å². The number of carbonyl (C=O) groups excluding carboxylic acids is 2. The summed E-state index contributed by atoms with van der Waals surface area (Å²) in [6.07, 6.45) is -0.886. The highest BCUT2D eigenvalue weighted by Gasteiger charge is 2.28. The molecule has 1 aliphatic rings. The van der Waals surface area contributed by atoms with Crippen LogP contribution in [-0.2, 0) is 9.53 Å². The van der Waals surface area contributed by atoms with Crippen molar-refractivity contribution in [1.82, 2.24) is 19.9 Å². The maximum Gasteiger partial charge on any atom is 0.325 e. The second-order valence-electron chi connectivity index (χ2n) is 5.24. The summed E-state index contributed by atoms with van der Waals surface area (Å²) in [5.74, 6) is -1.08. The van der Waals surface area contributed by atoms with E-state index in [9.17, 15) is 18.4 Å². The Morgan fingerprint density at radius 2 is 2.17 bits per heavy atom. The zero-order chi connectivity index (χ0) is 16.6. The van der Waals surface area contributed by atoms with Crippen molar-refractivity contribution >= 4 is 17.5 Å². The Kier molecular flexibility index (Phi) is 3.93. The van der Waals surface area contributed by atoms with Gasteiger partial charge in [0, 0.05) is 17.7 Å². The molecule has 0 bridgehead atoms. The number of amides is 1. The van der Waals surface area contributed by atoms with E-state index in [1.54, 1.807) is 0 Å². The summed E-state index contributed by atoms with van der Waals surface area (Å²) in [5.41, 5.74) is 0.391.